The van der Waals surface area contributed by atoms with E-state index in [4.69, 9.17) is 11.6 Å². The van der Waals surface area contributed by atoms with Crippen LogP contribution >= 0.6 is 11.6 Å². The third-order valence-corrected chi connectivity index (χ3v) is 3.98. The number of nitrogens with one attached hydrogen (secondary N) is 1. The van der Waals surface area contributed by atoms with Gasteiger partial charge in [-0.1, -0.05) is 11.6 Å². The highest BCUT2D eigenvalue weighted by Gasteiger charge is 2.16. The first-order chi connectivity index (χ1) is 11.9. The van der Waals surface area contributed by atoms with Crippen molar-refractivity contribution in [3.8, 4) is 0 Å². The summed E-state index contributed by atoms with van der Waals surface area (Å²) in [6, 6.07) is 7.48. The minimum atomic E-state index is -0.827. The molecule has 0 fully saturated rings. The molecule has 0 aliphatic rings. The Bertz CT molecular complexity index is 1030. The maximum Gasteiger partial charge on any atom is 0.261 e. The van der Waals surface area contributed by atoms with Crippen LogP contribution in [0.1, 0.15) is 17.3 Å². The SMILES string of the molecule is CCn1cc(C(=O)Nc2cc(F)cc(F)c2)c(=O)c2cc(Cl)ccc21. The van der Waals surface area contributed by atoms with E-state index in [-0.39, 0.29) is 11.3 Å². The Morgan fingerprint density at radius 2 is 1.84 bits per heavy atom. The van der Waals surface area contributed by atoms with Crippen LogP contribution in [0.3, 0.4) is 0 Å². The van der Waals surface area contributed by atoms with Gasteiger partial charge in [-0.15, -0.1) is 0 Å². The lowest BCUT2D eigenvalue weighted by Gasteiger charge is -2.12. The van der Waals surface area contributed by atoms with Crippen molar-refractivity contribution in [1.29, 1.82) is 0 Å². The molecule has 0 saturated heterocycles. The quantitative estimate of drug-likeness (QED) is 0.759. The number of fused-ring (bicyclic) bond motifs is 1. The fraction of sp³-hybridized carbons (Fsp3) is 0.111. The van der Waals surface area contributed by atoms with Crippen molar-refractivity contribution in [2.24, 2.45) is 0 Å². The molecule has 0 aliphatic heterocycles. The number of rotatable bonds is 3. The number of aromatic nitrogens is 1. The van der Waals surface area contributed by atoms with E-state index in [2.05, 4.69) is 5.32 Å². The first-order valence-electron chi connectivity index (χ1n) is 7.49. The van der Waals surface area contributed by atoms with Gasteiger partial charge in [0.2, 0.25) is 5.43 Å². The number of carbonyl (C=O) groups excluding carboxylic acids is 1. The van der Waals surface area contributed by atoms with Crippen molar-refractivity contribution in [2.45, 2.75) is 13.5 Å². The summed E-state index contributed by atoms with van der Waals surface area (Å²) in [4.78, 5) is 25.1. The van der Waals surface area contributed by atoms with Gasteiger partial charge < -0.3 is 9.88 Å². The topological polar surface area (TPSA) is 51.1 Å². The zero-order valence-electron chi connectivity index (χ0n) is 13.1. The Labute approximate surface area is 146 Å². The number of pyridine rings is 1. The summed E-state index contributed by atoms with van der Waals surface area (Å²) in [5, 5.41) is 3.02. The Morgan fingerprint density at radius 1 is 1.16 bits per heavy atom. The Hall–Kier alpha value is -2.73. The second-order valence-corrected chi connectivity index (χ2v) is 5.87. The van der Waals surface area contributed by atoms with Crippen molar-refractivity contribution in [3.05, 3.63) is 75.0 Å². The molecule has 25 heavy (non-hydrogen) atoms. The minimum Gasteiger partial charge on any atom is -0.347 e. The van der Waals surface area contributed by atoms with Gasteiger partial charge in [0.25, 0.3) is 5.91 Å². The van der Waals surface area contributed by atoms with E-state index in [1.807, 2.05) is 6.92 Å². The largest absolute Gasteiger partial charge is 0.347 e. The first kappa shape index (κ1) is 17.1. The molecule has 0 bridgehead atoms. The minimum absolute atomic E-state index is 0.0730. The van der Waals surface area contributed by atoms with Gasteiger partial charge in [0.1, 0.15) is 17.2 Å². The number of nitrogens with zero attached hydrogens (tertiary/aromatic N) is 1. The van der Waals surface area contributed by atoms with Crippen LogP contribution in [-0.4, -0.2) is 10.5 Å². The number of carbonyl (C=O) groups is 1. The number of benzene rings is 2. The van der Waals surface area contributed by atoms with E-state index < -0.39 is 23.0 Å². The molecule has 0 aliphatic carbocycles. The summed E-state index contributed by atoms with van der Waals surface area (Å²) < 4.78 is 28.2. The number of amides is 1. The molecule has 0 atom stereocenters. The maximum absolute atomic E-state index is 13.3. The molecule has 1 N–H and O–H groups in total. The Kier molecular flexibility index (Phi) is 4.55. The number of anilines is 1. The Morgan fingerprint density at radius 3 is 2.48 bits per heavy atom. The smallest absolute Gasteiger partial charge is 0.261 e. The zero-order chi connectivity index (χ0) is 18.1. The number of hydrogen-bond acceptors (Lipinski definition) is 2. The van der Waals surface area contributed by atoms with E-state index >= 15 is 0 Å². The summed E-state index contributed by atoms with van der Waals surface area (Å²) in [6.45, 7) is 2.38. The molecule has 0 radical (unpaired) electrons. The van der Waals surface area contributed by atoms with E-state index in [0.29, 0.717) is 28.5 Å². The lowest BCUT2D eigenvalue weighted by atomic mass is 10.1. The van der Waals surface area contributed by atoms with Crippen molar-refractivity contribution < 1.29 is 13.6 Å². The van der Waals surface area contributed by atoms with Gasteiger partial charge in [-0.25, -0.2) is 8.78 Å². The molecule has 0 unspecified atom stereocenters. The molecule has 3 aromatic rings. The number of hydrogen-bond donors (Lipinski definition) is 1. The molecular formula is C18H13ClF2N2O2. The molecule has 1 aromatic heterocycles. The number of aryl methyl sites for hydroxylation is 1. The molecule has 3 rings (SSSR count). The fourth-order valence-electron chi connectivity index (χ4n) is 2.62. The Balaban J connectivity index is 2.09. The molecular weight excluding hydrogens is 350 g/mol. The van der Waals surface area contributed by atoms with E-state index in [1.54, 1.807) is 16.7 Å². The van der Waals surface area contributed by atoms with Crippen LogP contribution in [-0.2, 0) is 6.54 Å². The molecule has 7 heteroatoms. The zero-order valence-corrected chi connectivity index (χ0v) is 13.9. The fourth-order valence-corrected chi connectivity index (χ4v) is 2.79. The van der Waals surface area contributed by atoms with Crippen molar-refractivity contribution in [3.63, 3.8) is 0 Å². The third kappa shape index (κ3) is 3.39. The summed E-state index contributed by atoms with van der Waals surface area (Å²) in [7, 11) is 0. The van der Waals surface area contributed by atoms with Gasteiger partial charge in [0.15, 0.2) is 0 Å². The molecule has 2 aromatic carbocycles. The van der Waals surface area contributed by atoms with Gasteiger partial charge in [0.05, 0.1) is 5.52 Å². The second-order valence-electron chi connectivity index (χ2n) is 5.43. The molecule has 1 amide bonds. The molecule has 4 nitrogen and oxygen atoms in total. The molecule has 0 spiro atoms. The van der Waals surface area contributed by atoms with E-state index in [1.165, 1.54) is 12.3 Å². The van der Waals surface area contributed by atoms with Gasteiger partial charge in [-0.2, -0.15) is 0 Å². The van der Waals surface area contributed by atoms with Gasteiger partial charge in [0, 0.05) is 34.9 Å². The average molecular weight is 363 g/mol. The predicted molar refractivity (Wildman–Crippen MR) is 93.2 cm³/mol. The van der Waals surface area contributed by atoms with Gasteiger partial charge in [-0.05, 0) is 37.3 Å². The summed E-state index contributed by atoms with van der Waals surface area (Å²) >= 11 is 5.95. The molecule has 128 valence electrons. The summed E-state index contributed by atoms with van der Waals surface area (Å²) in [5.41, 5.74) is -0.0701. The highest BCUT2D eigenvalue weighted by molar-refractivity contribution is 6.31. The number of halogens is 3. The van der Waals surface area contributed by atoms with Crippen LogP contribution in [0.4, 0.5) is 14.5 Å². The van der Waals surface area contributed by atoms with Crippen LogP contribution in [0.5, 0.6) is 0 Å². The van der Waals surface area contributed by atoms with Crippen LogP contribution in [0.25, 0.3) is 10.9 Å². The van der Waals surface area contributed by atoms with Crippen molar-refractivity contribution in [1.82, 2.24) is 4.57 Å². The van der Waals surface area contributed by atoms with Crippen LogP contribution < -0.4 is 10.7 Å². The standard InChI is InChI=1S/C18H13ClF2N2O2/c1-2-23-9-15(17(24)14-5-10(19)3-4-16(14)23)18(25)22-13-7-11(20)6-12(21)8-13/h3-9H,2H2,1H3,(H,22,25). The first-order valence-corrected chi connectivity index (χ1v) is 7.87. The maximum atomic E-state index is 13.3. The van der Waals surface area contributed by atoms with Crippen LogP contribution in [0.15, 0.2) is 47.4 Å². The van der Waals surface area contributed by atoms with Crippen molar-refractivity contribution >= 4 is 34.1 Å². The van der Waals surface area contributed by atoms with Crippen molar-refractivity contribution in [2.75, 3.05) is 5.32 Å². The second kappa shape index (κ2) is 6.64. The predicted octanol–water partition coefficient (Wildman–Crippen LogP) is 4.21. The van der Waals surface area contributed by atoms with Gasteiger partial charge >= 0.3 is 0 Å². The molecule has 1 heterocycles. The lowest BCUT2D eigenvalue weighted by molar-refractivity contribution is 0.102. The van der Waals surface area contributed by atoms with Crippen LogP contribution in [0, 0.1) is 11.6 Å². The average Bonchev–Trinajstić information content (AvgIpc) is 2.54. The highest BCUT2D eigenvalue weighted by atomic mass is 35.5. The van der Waals surface area contributed by atoms with Gasteiger partial charge in [-0.3, -0.25) is 9.59 Å². The van der Waals surface area contributed by atoms with Crippen LogP contribution in [0.2, 0.25) is 5.02 Å². The third-order valence-electron chi connectivity index (χ3n) is 3.75. The lowest BCUT2D eigenvalue weighted by Crippen LogP contribution is -2.24. The highest BCUT2D eigenvalue weighted by Crippen LogP contribution is 2.19. The molecule has 0 saturated carbocycles. The summed E-state index contributed by atoms with van der Waals surface area (Å²) in [5.74, 6) is -2.41. The normalized spacial score (nSPS) is 10.9. The van der Waals surface area contributed by atoms with E-state index in [9.17, 15) is 18.4 Å². The monoisotopic (exact) mass is 362 g/mol. The van der Waals surface area contributed by atoms with E-state index in [0.717, 1.165) is 12.1 Å². The summed E-state index contributed by atoms with van der Waals surface area (Å²) in [6.07, 6.45) is 1.42.